The maximum Gasteiger partial charge on any atom is 0.224 e. The first-order chi connectivity index (χ1) is 11.8. The fraction of sp³-hybridized carbons (Fsp3) is 0.263. The summed E-state index contributed by atoms with van der Waals surface area (Å²) < 4.78 is 5.17. The number of ketones is 1. The van der Waals surface area contributed by atoms with Gasteiger partial charge in [0.25, 0.3) is 0 Å². The summed E-state index contributed by atoms with van der Waals surface area (Å²) >= 11 is 12.1. The molecule has 0 spiro atoms. The molecule has 0 unspecified atom stereocenters. The summed E-state index contributed by atoms with van der Waals surface area (Å²) in [4.78, 5) is 24.5. The van der Waals surface area contributed by atoms with E-state index in [1.54, 1.807) is 24.3 Å². The lowest BCUT2D eigenvalue weighted by molar-refractivity contribution is -0.116. The molecule has 0 radical (unpaired) electrons. The average molecular weight is 380 g/mol. The van der Waals surface area contributed by atoms with E-state index in [1.165, 1.54) is 7.11 Å². The Balaban J connectivity index is 2.03. The SMILES string of the molecule is COc1ccc(Cl)cc1C(=O)CCC(=O)Nc1c(C)cc(C)cc1Cl. The molecule has 132 valence electrons. The summed E-state index contributed by atoms with van der Waals surface area (Å²) in [7, 11) is 1.48. The van der Waals surface area contributed by atoms with Crippen molar-refractivity contribution in [3.8, 4) is 5.75 Å². The summed E-state index contributed by atoms with van der Waals surface area (Å²) in [6.45, 7) is 3.80. The summed E-state index contributed by atoms with van der Waals surface area (Å²) in [5.41, 5.74) is 2.84. The van der Waals surface area contributed by atoms with Crippen molar-refractivity contribution < 1.29 is 14.3 Å². The molecule has 4 nitrogen and oxygen atoms in total. The van der Waals surface area contributed by atoms with Gasteiger partial charge >= 0.3 is 0 Å². The van der Waals surface area contributed by atoms with Gasteiger partial charge in [-0.3, -0.25) is 9.59 Å². The van der Waals surface area contributed by atoms with E-state index in [1.807, 2.05) is 19.9 Å². The zero-order valence-electron chi connectivity index (χ0n) is 14.3. The number of ether oxygens (including phenoxy) is 1. The van der Waals surface area contributed by atoms with E-state index in [4.69, 9.17) is 27.9 Å². The lowest BCUT2D eigenvalue weighted by atomic mass is 10.0. The number of rotatable bonds is 6. The molecule has 0 atom stereocenters. The number of Topliss-reactive ketones (excluding diaryl/α,β-unsaturated/α-hetero) is 1. The predicted octanol–water partition coefficient (Wildman–Crippen LogP) is 5.22. The number of aryl methyl sites for hydroxylation is 2. The Bertz CT molecular complexity index is 795. The summed E-state index contributed by atoms with van der Waals surface area (Å²) in [6, 6.07) is 8.54. The molecule has 25 heavy (non-hydrogen) atoms. The van der Waals surface area contributed by atoms with Crippen LogP contribution < -0.4 is 10.1 Å². The Morgan fingerprint density at radius 3 is 2.44 bits per heavy atom. The number of methoxy groups -OCH3 is 1. The molecule has 0 fully saturated rings. The molecule has 1 amide bonds. The van der Waals surface area contributed by atoms with Gasteiger partial charge in [0.1, 0.15) is 5.75 Å². The number of hydrogen-bond acceptors (Lipinski definition) is 3. The molecule has 0 aliphatic heterocycles. The van der Waals surface area contributed by atoms with Gasteiger partial charge in [-0.05, 0) is 49.2 Å². The summed E-state index contributed by atoms with van der Waals surface area (Å²) in [6.07, 6.45) is 0.0865. The molecule has 0 aliphatic carbocycles. The molecular weight excluding hydrogens is 361 g/mol. The van der Waals surface area contributed by atoms with Gasteiger partial charge in [0, 0.05) is 17.9 Å². The smallest absolute Gasteiger partial charge is 0.224 e. The number of hydrogen-bond donors (Lipinski definition) is 1. The molecule has 2 aromatic rings. The molecule has 0 heterocycles. The van der Waals surface area contributed by atoms with Crippen molar-refractivity contribution in [2.75, 3.05) is 12.4 Å². The molecule has 0 aliphatic rings. The molecule has 0 saturated carbocycles. The minimum Gasteiger partial charge on any atom is -0.496 e. The largest absolute Gasteiger partial charge is 0.496 e. The normalized spacial score (nSPS) is 10.4. The van der Waals surface area contributed by atoms with Crippen LogP contribution in [0.1, 0.15) is 34.3 Å². The maximum absolute atomic E-state index is 12.4. The molecule has 0 aromatic heterocycles. The average Bonchev–Trinajstić information content (AvgIpc) is 2.55. The number of carbonyl (C=O) groups excluding carboxylic acids is 2. The van der Waals surface area contributed by atoms with Crippen molar-refractivity contribution in [3.63, 3.8) is 0 Å². The van der Waals surface area contributed by atoms with Crippen molar-refractivity contribution in [1.29, 1.82) is 0 Å². The lowest BCUT2D eigenvalue weighted by Crippen LogP contribution is -2.15. The number of anilines is 1. The lowest BCUT2D eigenvalue weighted by Gasteiger charge is -2.12. The standard InChI is InChI=1S/C19H19Cl2NO3/c1-11-8-12(2)19(15(21)9-11)22-18(24)7-5-16(23)14-10-13(20)4-6-17(14)25-3/h4,6,8-10H,5,7H2,1-3H3,(H,22,24). The van der Waals surface area contributed by atoms with Crippen molar-refractivity contribution in [3.05, 3.63) is 57.1 Å². The topological polar surface area (TPSA) is 55.4 Å². The highest BCUT2D eigenvalue weighted by molar-refractivity contribution is 6.34. The van der Waals surface area contributed by atoms with Crippen LogP contribution in [-0.4, -0.2) is 18.8 Å². The zero-order chi connectivity index (χ0) is 18.6. The van der Waals surface area contributed by atoms with E-state index in [-0.39, 0.29) is 24.5 Å². The number of carbonyl (C=O) groups is 2. The van der Waals surface area contributed by atoms with Crippen molar-refractivity contribution >= 4 is 40.6 Å². The Labute approximate surface area is 157 Å². The van der Waals surface area contributed by atoms with Crippen LogP contribution in [0.4, 0.5) is 5.69 Å². The van der Waals surface area contributed by atoms with Gasteiger partial charge in [0.2, 0.25) is 5.91 Å². The van der Waals surface area contributed by atoms with Gasteiger partial charge < -0.3 is 10.1 Å². The first-order valence-electron chi connectivity index (χ1n) is 7.75. The molecule has 1 N–H and O–H groups in total. The van der Waals surface area contributed by atoms with Crippen LogP contribution in [0.2, 0.25) is 10.0 Å². The van der Waals surface area contributed by atoms with Gasteiger partial charge in [-0.25, -0.2) is 0 Å². The maximum atomic E-state index is 12.4. The Morgan fingerprint density at radius 1 is 1.08 bits per heavy atom. The van der Waals surface area contributed by atoms with Gasteiger partial charge in [-0.2, -0.15) is 0 Å². The highest BCUT2D eigenvalue weighted by Gasteiger charge is 2.16. The Morgan fingerprint density at radius 2 is 1.80 bits per heavy atom. The second kappa shape index (κ2) is 8.37. The third-order valence-corrected chi connectivity index (χ3v) is 4.27. The number of halogens is 2. The highest BCUT2D eigenvalue weighted by atomic mass is 35.5. The zero-order valence-corrected chi connectivity index (χ0v) is 15.8. The Kier molecular flexibility index (Phi) is 6.45. The minimum absolute atomic E-state index is 0.0398. The molecule has 2 rings (SSSR count). The van der Waals surface area contributed by atoms with Crippen LogP contribution in [0.25, 0.3) is 0 Å². The van der Waals surface area contributed by atoms with Crippen molar-refractivity contribution in [2.24, 2.45) is 0 Å². The highest BCUT2D eigenvalue weighted by Crippen LogP contribution is 2.28. The molecule has 0 bridgehead atoms. The minimum atomic E-state index is -0.275. The van der Waals surface area contributed by atoms with Gasteiger partial charge in [0.15, 0.2) is 5.78 Å². The van der Waals surface area contributed by atoms with Crippen LogP contribution in [-0.2, 0) is 4.79 Å². The van der Waals surface area contributed by atoms with Crippen LogP contribution in [0, 0.1) is 13.8 Å². The number of amides is 1. The van der Waals surface area contributed by atoms with Crippen molar-refractivity contribution in [2.45, 2.75) is 26.7 Å². The number of nitrogens with one attached hydrogen (secondary N) is 1. The van der Waals surface area contributed by atoms with Gasteiger partial charge in [-0.1, -0.05) is 29.3 Å². The van der Waals surface area contributed by atoms with E-state index in [0.717, 1.165) is 11.1 Å². The van der Waals surface area contributed by atoms with Gasteiger partial charge in [-0.15, -0.1) is 0 Å². The van der Waals surface area contributed by atoms with E-state index in [2.05, 4.69) is 5.32 Å². The second-order valence-corrected chi connectivity index (χ2v) is 6.60. The quantitative estimate of drug-likeness (QED) is 0.699. The van der Waals surface area contributed by atoms with E-state index in [0.29, 0.717) is 27.0 Å². The summed E-state index contributed by atoms with van der Waals surface area (Å²) in [5, 5.41) is 3.69. The van der Waals surface area contributed by atoms with E-state index >= 15 is 0 Å². The van der Waals surface area contributed by atoms with Gasteiger partial charge in [0.05, 0.1) is 23.4 Å². The fourth-order valence-electron chi connectivity index (χ4n) is 2.54. The Hall–Kier alpha value is -2.04. The van der Waals surface area contributed by atoms with Crippen molar-refractivity contribution in [1.82, 2.24) is 0 Å². The van der Waals surface area contributed by atoms with Crippen LogP contribution >= 0.6 is 23.2 Å². The molecule has 6 heteroatoms. The number of benzene rings is 2. The first-order valence-corrected chi connectivity index (χ1v) is 8.50. The van der Waals surface area contributed by atoms with Crippen LogP contribution in [0.3, 0.4) is 0 Å². The third kappa shape index (κ3) is 4.97. The molecule has 2 aromatic carbocycles. The fourth-order valence-corrected chi connectivity index (χ4v) is 3.08. The summed E-state index contributed by atoms with van der Waals surface area (Å²) in [5.74, 6) is -0.0448. The molecule has 0 saturated heterocycles. The van der Waals surface area contributed by atoms with Crippen LogP contribution in [0.5, 0.6) is 5.75 Å². The third-order valence-electron chi connectivity index (χ3n) is 3.74. The van der Waals surface area contributed by atoms with E-state index in [9.17, 15) is 9.59 Å². The first kappa shape index (κ1) is 19.3. The second-order valence-electron chi connectivity index (χ2n) is 5.75. The monoisotopic (exact) mass is 379 g/mol. The molecular formula is C19H19Cl2NO3. The van der Waals surface area contributed by atoms with E-state index < -0.39 is 0 Å². The van der Waals surface area contributed by atoms with Crippen LogP contribution in [0.15, 0.2) is 30.3 Å². The predicted molar refractivity (Wildman–Crippen MR) is 101 cm³/mol.